The predicted octanol–water partition coefficient (Wildman–Crippen LogP) is 1.18. The minimum Gasteiger partial charge on any atom is -0.389 e. The molecule has 0 saturated carbocycles. The molecule has 1 heterocycles. The number of rotatable bonds is 5. The quantitative estimate of drug-likeness (QED) is 0.885. The number of amides is 1. The van der Waals surface area contributed by atoms with Crippen LogP contribution in [-0.4, -0.2) is 54.3 Å². The number of aromatic nitrogens is 1. The summed E-state index contributed by atoms with van der Waals surface area (Å²) in [6.07, 6.45) is -4.76. The monoisotopic (exact) mass is 292 g/mol. The van der Waals surface area contributed by atoms with Gasteiger partial charge in [0.05, 0.1) is 18.3 Å². The van der Waals surface area contributed by atoms with Crippen LogP contribution < -0.4 is 0 Å². The molecule has 5 nitrogen and oxygen atoms in total. The fourth-order valence-corrected chi connectivity index (χ4v) is 1.53. The van der Waals surface area contributed by atoms with Gasteiger partial charge in [0.2, 0.25) is 0 Å². The van der Waals surface area contributed by atoms with Gasteiger partial charge in [0, 0.05) is 26.9 Å². The zero-order valence-corrected chi connectivity index (χ0v) is 11.0. The number of carbonyl (C=O) groups is 1. The Labute approximate surface area is 114 Å². The highest BCUT2D eigenvalue weighted by molar-refractivity contribution is 5.92. The van der Waals surface area contributed by atoms with Crippen LogP contribution in [0, 0.1) is 0 Å². The fraction of sp³-hybridized carbons (Fsp3) is 0.500. The van der Waals surface area contributed by atoms with Crippen molar-refractivity contribution >= 4 is 5.91 Å². The number of likely N-dealkylation sites (N-methyl/N-ethyl adjacent to an activating group) is 1. The van der Waals surface area contributed by atoms with Gasteiger partial charge in [-0.25, -0.2) is 0 Å². The maximum Gasteiger partial charge on any atom is 0.417 e. The van der Waals surface area contributed by atoms with Crippen LogP contribution >= 0.6 is 0 Å². The summed E-state index contributed by atoms with van der Waals surface area (Å²) in [6, 6.07) is 1.80. The van der Waals surface area contributed by atoms with E-state index in [0.717, 1.165) is 12.1 Å². The Morgan fingerprint density at radius 2 is 2.15 bits per heavy atom. The molecule has 0 aromatic carbocycles. The van der Waals surface area contributed by atoms with Gasteiger partial charge in [0.25, 0.3) is 5.91 Å². The maximum atomic E-state index is 12.4. The second kappa shape index (κ2) is 6.67. The molecule has 0 fully saturated rings. The number of pyridine rings is 1. The van der Waals surface area contributed by atoms with Gasteiger partial charge in [-0.1, -0.05) is 0 Å². The summed E-state index contributed by atoms with van der Waals surface area (Å²) in [5, 5.41) is 9.48. The Hall–Kier alpha value is -1.67. The molecule has 1 aromatic heterocycles. The molecule has 1 N–H and O–H groups in total. The van der Waals surface area contributed by atoms with Crippen molar-refractivity contribution in [2.24, 2.45) is 0 Å². The lowest BCUT2D eigenvalue weighted by atomic mass is 10.2. The summed E-state index contributed by atoms with van der Waals surface area (Å²) in [4.78, 5) is 16.5. The molecule has 0 aliphatic rings. The lowest BCUT2D eigenvalue weighted by molar-refractivity contribution is -0.137. The van der Waals surface area contributed by atoms with E-state index >= 15 is 0 Å². The van der Waals surface area contributed by atoms with E-state index < -0.39 is 23.8 Å². The zero-order valence-electron chi connectivity index (χ0n) is 11.0. The molecule has 1 aromatic rings. The van der Waals surface area contributed by atoms with Crippen LogP contribution in [0.5, 0.6) is 0 Å². The summed E-state index contributed by atoms with van der Waals surface area (Å²) in [5.41, 5.74) is -1.04. The number of aliphatic hydroxyl groups is 1. The second-order valence-corrected chi connectivity index (χ2v) is 4.22. The van der Waals surface area contributed by atoms with Crippen LogP contribution in [0.2, 0.25) is 0 Å². The number of hydrogen-bond acceptors (Lipinski definition) is 4. The van der Waals surface area contributed by atoms with Gasteiger partial charge in [0.15, 0.2) is 0 Å². The van der Waals surface area contributed by atoms with Crippen molar-refractivity contribution in [3.05, 3.63) is 29.6 Å². The van der Waals surface area contributed by atoms with E-state index in [9.17, 15) is 23.1 Å². The van der Waals surface area contributed by atoms with Crippen LogP contribution in [0.25, 0.3) is 0 Å². The molecule has 0 bridgehead atoms. The lowest BCUT2D eigenvalue weighted by Crippen LogP contribution is -2.36. The number of alkyl halides is 3. The second-order valence-electron chi connectivity index (χ2n) is 4.22. The van der Waals surface area contributed by atoms with E-state index in [4.69, 9.17) is 4.74 Å². The molecule has 1 atom stereocenters. The molecule has 112 valence electrons. The Bertz CT molecular complexity index is 448. The first-order valence-corrected chi connectivity index (χ1v) is 5.71. The summed E-state index contributed by atoms with van der Waals surface area (Å²) in [6.45, 7) is 0.0490. The molecule has 1 rings (SSSR count). The third-order valence-electron chi connectivity index (χ3n) is 2.50. The van der Waals surface area contributed by atoms with Crippen LogP contribution in [0.15, 0.2) is 18.3 Å². The van der Waals surface area contributed by atoms with Gasteiger partial charge in [-0.15, -0.1) is 0 Å². The van der Waals surface area contributed by atoms with E-state index in [0.29, 0.717) is 6.20 Å². The number of hydrogen-bond donors (Lipinski definition) is 1. The van der Waals surface area contributed by atoms with Crippen molar-refractivity contribution in [3.63, 3.8) is 0 Å². The fourth-order valence-electron chi connectivity index (χ4n) is 1.53. The van der Waals surface area contributed by atoms with Gasteiger partial charge in [-0.05, 0) is 12.1 Å². The minimum absolute atomic E-state index is 0.00459. The normalized spacial score (nSPS) is 13.1. The topological polar surface area (TPSA) is 62.7 Å². The number of methoxy groups -OCH3 is 1. The summed E-state index contributed by atoms with van der Waals surface area (Å²) >= 11 is 0. The molecule has 0 spiro atoms. The van der Waals surface area contributed by atoms with Gasteiger partial charge >= 0.3 is 6.18 Å². The predicted molar refractivity (Wildman–Crippen MR) is 64.1 cm³/mol. The van der Waals surface area contributed by atoms with Crippen molar-refractivity contribution in [1.82, 2.24) is 9.88 Å². The van der Waals surface area contributed by atoms with E-state index in [-0.39, 0.29) is 18.8 Å². The largest absolute Gasteiger partial charge is 0.417 e. The smallest absolute Gasteiger partial charge is 0.389 e. The first-order chi connectivity index (χ1) is 9.25. The van der Waals surface area contributed by atoms with Gasteiger partial charge in [-0.2, -0.15) is 13.2 Å². The van der Waals surface area contributed by atoms with Crippen LogP contribution in [0.1, 0.15) is 16.1 Å². The van der Waals surface area contributed by atoms with Gasteiger partial charge in [-0.3, -0.25) is 9.78 Å². The van der Waals surface area contributed by atoms with E-state index in [2.05, 4.69) is 4.98 Å². The summed E-state index contributed by atoms with van der Waals surface area (Å²) in [5.74, 6) is -0.575. The highest BCUT2D eigenvalue weighted by Gasteiger charge is 2.31. The number of halogens is 3. The Kier molecular flexibility index (Phi) is 5.46. The molecular formula is C12H15F3N2O3. The Morgan fingerprint density at radius 3 is 2.60 bits per heavy atom. The number of aliphatic hydroxyl groups excluding tert-OH is 1. The number of ether oxygens (including phenoxy) is 1. The lowest BCUT2D eigenvalue weighted by Gasteiger charge is -2.20. The first kappa shape index (κ1) is 16.4. The molecule has 1 amide bonds. The third-order valence-corrected chi connectivity index (χ3v) is 2.50. The molecule has 0 radical (unpaired) electrons. The summed E-state index contributed by atoms with van der Waals surface area (Å²) in [7, 11) is 2.82. The molecular weight excluding hydrogens is 277 g/mol. The first-order valence-electron chi connectivity index (χ1n) is 5.71. The zero-order chi connectivity index (χ0) is 15.3. The Morgan fingerprint density at radius 1 is 1.50 bits per heavy atom. The van der Waals surface area contributed by atoms with Crippen molar-refractivity contribution in [3.8, 4) is 0 Å². The van der Waals surface area contributed by atoms with Crippen molar-refractivity contribution in [1.29, 1.82) is 0 Å². The summed E-state index contributed by atoms with van der Waals surface area (Å²) < 4.78 is 41.8. The average molecular weight is 292 g/mol. The highest BCUT2D eigenvalue weighted by Crippen LogP contribution is 2.28. The highest BCUT2D eigenvalue weighted by atomic mass is 19.4. The Balaban J connectivity index is 2.72. The van der Waals surface area contributed by atoms with E-state index in [1.54, 1.807) is 0 Å². The van der Waals surface area contributed by atoms with Crippen LogP contribution in [-0.2, 0) is 10.9 Å². The minimum atomic E-state index is -4.49. The molecule has 0 aliphatic carbocycles. The van der Waals surface area contributed by atoms with Crippen LogP contribution in [0.4, 0.5) is 13.2 Å². The number of nitrogens with zero attached hydrogens (tertiary/aromatic N) is 2. The molecule has 0 saturated heterocycles. The SMILES string of the molecule is COCC(O)CN(C)C(=O)c1ccc(C(F)(F)F)cn1. The standard InChI is InChI=1S/C12H15F3N2O3/c1-17(6-9(18)7-20-2)11(19)10-4-3-8(5-16-10)12(13,14)15/h3-5,9,18H,6-7H2,1-2H3. The molecule has 0 aliphatic heterocycles. The van der Waals surface area contributed by atoms with Crippen LogP contribution in [0.3, 0.4) is 0 Å². The maximum absolute atomic E-state index is 12.4. The average Bonchev–Trinajstić information content (AvgIpc) is 2.37. The van der Waals surface area contributed by atoms with Crippen molar-refractivity contribution in [2.75, 3.05) is 27.3 Å². The number of carbonyl (C=O) groups excluding carboxylic acids is 1. The van der Waals surface area contributed by atoms with E-state index in [1.165, 1.54) is 19.1 Å². The third kappa shape index (κ3) is 4.46. The van der Waals surface area contributed by atoms with Gasteiger partial charge in [0.1, 0.15) is 5.69 Å². The molecule has 1 unspecified atom stereocenters. The van der Waals surface area contributed by atoms with E-state index in [1.807, 2.05) is 0 Å². The molecule has 20 heavy (non-hydrogen) atoms. The molecule has 8 heteroatoms. The van der Waals surface area contributed by atoms with Gasteiger partial charge < -0.3 is 14.7 Å². The van der Waals surface area contributed by atoms with Crippen molar-refractivity contribution < 1.29 is 27.8 Å². The van der Waals surface area contributed by atoms with Crippen molar-refractivity contribution in [2.45, 2.75) is 12.3 Å².